The van der Waals surface area contributed by atoms with Gasteiger partial charge in [-0.05, 0) is 41.8 Å². The van der Waals surface area contributed by atoms with Crippen molar-refractivity contribution in [3.8, 4) is 11.8 Å². The van der Waals surface area contributed by atoms with E-state index in [1.54, 1.807) is 6.92 Å². The van der Waals surface area contributed by atoms with Gasteiger partial charge in [0.1, 0.15) is 5.75 Å². The number of amides is 1. The summed E-state index contributed by atoms with van der Waals surface area (Å²) in [6, 6.07) is 12.1. The molecule has 2 aromatic carbocycles. The van der Waals surface area contributed by atoms with Crippen LogP contribution in [-0.4, -0.2) is 12.5 Å². The number of carbonyl (C=O) groups is 1. The van der Waals surface area contributed by atoms with E-state index in [4.69, 9.17) is 10.00 Å². The number of ether oxygens (including phenoxy) is 1. The number of hydrogen-bond acceptors (Lipinski definition) is 3. The number of rotatable bonds is 6. The summed E-state index contributed by atoms with van der Waals surface area (Å²) in [5, 5.41) is 11.3. The number of benzene rings is 2. The van der Waals surface area contributed by atoms with E-state index >= 15 is 0 Å². The minimum Gasteiger partial charge on any atom is -0.493 e. The van der Waals surface area contributed by atoms with E-state index in [-0.39, 0.29) is 12.3 Å². The lowest BCUT2D eigenvalue weighted by molar-refractivity contribution is -0.137. The van der Waals surface area contributed by atoms with Crippen molar-refractivity contribution in [2.75, 3.05) is 11.9 Å². The Morgan fingerprint density at radius 1 is 1.14 bits per heavy atom. The Balaban J connectivity index is 1.99. The van der Waals surface area contributed by atoms with Gasteiger partial charge < -0.3 is 10.1 Å². The zero-order valence-corrected chi connectivity index (χ0v) is 15.8. The van der Waals surface area contributed by atoms with Crippen LogP contribution < -0.4 is 10.1 Å². The summed E-state index contributed by atoms with van der Waals surface area (Å²) < 4.78 is 44.6. The van der Waals surface area contributed by atoms with Crippen molar-refractivity contribution in [2.24, 2.45) is 5.92 Å². The van der Waals surface area contributed by atoms with Gasteiger partial charge in [-0.1, -0.05) is 32.9 Å². The second kappa shape index (κ2) is 8.79. The molecule has 1 unspecified atom stereocenters. The Kier molecular flexibility index (Phi) is 6.68. The lowest BCUT2D eigenvalue weighted by Crippen LogP contribution is -2.25. The topological polar surface area (TPSA) is 62.1 Å². The molecule has 0 bridgehead atoms. The van der Waals surface area contributed by atoms with Gasteiger partial charge in [-0.3, -0.25) is 4.79 Å². The molecule has 2 aromatic rings. The summed E-state index contributed by atoms with van der Waals surface area (Å²) >= 11 is 0. The van der Waals surface area contributed by atoms with Gasteiger partial charge in [0, 0.05) is 5.69 Å². The van der Waals surface area contributed by atoms with Crippen molar-refractivity contribution in [2.45, 2.75) is 32.9 Å². The van der Waals surface area contributed by atoms with Gasteiger partial charge in [0.25, 0.3) is 0 Å². The van der Waals surface area contributed by atoms with Crippen LogP contribution in [-0.2, 0) is 11.0 Å². The third kappa shape index (κ3) is 5.49. The van der Waals surface area contributed by atoms with E-state index < -0.39 is 29.1 Å². The van der Waals surface area contributed by atoms with E-state index in [1.165, 1.54) is 17.7 Å². The Morgan fingerprint density at radius 3 is 2.32 bits per heavy atom. The van der Waals surface area contributed by atoms with Crippen molar-refractivity contribution < 1.29 is 22.7 Å². The number of carbonyl (C=O) groups excluding carboxylic acids is 1. The molecule has 0 spiro atoms. The third-order valence-electron chi connectivity index (χ3n) is 4.21. The Morgan fingerprint density at radius 2 is 1.79 bits per heavy atom. The average Bonchev–Trinajstić information content (AvgIpc) is 2.65. The molecule has 0 aliphatic rings. The molecular formula is C21H21F3N2O2. The predicted molar refractivity (Wildman–Crippen MR) is 100.0 cm³/mol. The molecule has 4 nitrogen and oxygen atoms in total. The summed E-state index contributed by atoms with van der Waals surface area (Å²) in [5.41, 5.74) is -0.433. The number of nitrogens with one attached hydrogen (secondary N) is 1. The molecule has 0 aliphatic carbocycles. The fourth-order valence-electron chi connectivity index (χ4n) is 2.47. The minimum absolute atomic E-state index is 0.0236. The molecule has 2 rings (SSSR count). The second-order valence-corrected chi connectivity index (χ2v) is 6.79. The molecule has 148 valence electrons. The molecule has 0 aliphatic heterocycles. The first kappa shape index (κ1) is 21.3. The molecule has 7 heteroatoms. The number of anilines is 1. The highest BCUT2D eigenvalue weighted by atomic mass is 19.4. The van der Waals surface area contributed by atoms with E-state index in [1.807, 2.05) is 24.3 Å². The maximum Gasteiger partial charge on any atom is 0.417 e. The van der Waals surface area contributed by atoms with Gasteiger partial charge in [0.05, 0.1) is 29.7 Å². The molecule has 28 heavy (non-hydrogen) atoms. The number of nitriles is 1. The zero-order chi connectivity index (χ0) is 20.9. The Bertz CT molecular complexity index is 869. The van der Waals surface area contributed by atoms with Crippen LogP contribution >= 0.6 is 0 Å². The van der Waals surface area contributed by atoms with Gasteiger partial charge in [-0.15, -0.1) is 0 Å². The summed E-state index contributed by atoms with van der Waals surface area (Å²) in [6.07, 6.45) is -4.68. The third-order valence-corrected chi connectivity index (χ3v) is 4.21. The monoisotopic (exact) mass is 390 g/mol. The molecule has 0 heterocycles. The number of alkyl halides is 3. The van der Waals surface area contributed by atoms with Crippen LogP contribution in [0.15, 0.2) is 42.5 Å². The standard InChI is InChI=1S/C21H21F3N2O2/c1-13(2)15-5-8-18(9-6-15)28-12-14(3)20(27)26-17-7-4-16(11-25)19(10-17)21(22,23)24/h4-10,13-14H,12H2,1-3H3,(H,26,27). The maximum atomic E-state index is 13.0. The van der Waals surface area contributed by atoms with Gasteiger partial charge in [-0.25, -0.2) is 0 Å². The predicted octanol–water partition coefficient (Wildman–Crippen LogP) is 5.35. The zero-order valence-electron chi connectivity index (χ0n) is 15.8. The molecule has 0 aromatic heterocycles. The normalized spacial score (nSPS) is 12.4. The molecule has 0 radical (unpaired) electrons. The number of hydrogen-bond donors (Lipinski definition) is 1. The summed E-state index contributed by atoms with van der Waals surface area (Å²) in [5.74, 6) is -0.0547. The average molecular weight is 390 g/mol. The molecule has 1 amide bonds. The fraction of sp³-hybridized carbons (Fsp3) is 0.333. The van der Waals surface area contributed by atoms with Crippen LogP contribution in [0.3, 0.4) is 0 Å². The highest BCUT2D eigenvalue weighted by molar-refractivity contribution is 5.92. The first-order chi connectivity index (χ1) is 13.1. The molecule has 1 N–H and O–H groups in total. The van der Waals surface area contributed by atoms with Gasteiger partial charge in [-0.2, -0.15) is 18.4 Å². The Labute approximate surface area is 161 Å². The quantitative estimate of drug-likeness (QED) is 0.723. The largest absolute Gasteiger partial charge is 0.493 e. The lowest BCUT2D eigenvalue weighted by Gasteiger charge is -2.15. The van der Waals surface area contributed by atoms with E-state index in [2.05, 4.69) is 19.2 Å². The van der Waals surface area contributed by atoms with Crippen LogP contribution in [0.2, 0.25) is 0 Å². The second-order valence-electron chi connectivity index (χ2n) is 6.79. The summed E-state index contributed by atoms with van der Waals surface area (Å²) in [4.78, 5) is 12.3. The first-order valence-corrected chi connectivity index (χ1v) is 8.76. The summed E-state index contributed by atoms with van der Waals surface area (Å²) in [7, 11) is 0. The van der Waals surface area contributed by atoms with Crippen molar-refractivity contribution in [3.63, 3.8) is 0 Å². The molecule has 0 fully saturated rings. The maximum absolute atomic E-state index is 13.0. The first-order valence-electron chi connectivity index (χ1n) is 8.76. The Hall–Kier alpha value is -3.01. The van der Waals surface area contributed by atoms with E-state index in [0.717, 1.165) is 12.1 Å². The van der Waals surface area contributed by atoms with E-state index in [0.29, 0.717) is 11.7 Å². The van der Waals surface area contributed by atoms with Crippen LogP contribution in [0.1, 0.15) is 43.4 Å². The highest BCUT2D eigenvalue weighted by Gasteiger charge is 2.34. The lowest BCUT2D eigenvalue weighted by atomic mass is 10.0. The van der Waals surface area contributed by atoms with Crippen molar-refractivity contribution in [1.29, 1.82) is 5.26 Å². The van der Waals surface area contributed by atoms with E-state index in [9.17, 15) is 18.0 Å². The number of nitrogens with zero attached hydrogens (tertiary/aromatic N) is 1. The van der Waals surface area contributed by atoms with Crippen LogP contribution in [0.25, 0.3) is 0 Å². The van der Waals surface area contributed by atoms with Gasteiger partial charge >= 0.3 is 6.18 Å². The molecular weight excluding hydrogens is 369 g/mol. The van der Waals surface area contributed by atoms with Crippen molar-refractivity contribution >= 4 is 11.6 Å². The fourth-order valence-corrected chi connectivity index (χ4v) is 2.47. The molecule has 0 saturated heterocycles. The SMILES string of the molecule is CC(COc1ccc(C(C)C)cc1)C(=O)Nc1ccc(C#N)c(C(F)(F)F)c1. The highest BCUT2D eigenvalue weighted by Crippen LogP contribution is 2.33. The van der Waals surface area contributed by atoms with Crippen LogP contribution in [0.4, 0.5) is 18.9 Å². The number of halogens is 3. The molecule has 0 saturated carbocycles. The molecule has 1 atom stereocenters. The van der Waals surface area contributed by atoms with Gasteiger partial charge in [0.15, 0.2) is 0 Å². The minimum atomic E-state index is -4.68. The van der Waals surface area contributed by atoms with Crippen LogP contribution in [0.5, 0.6) is 5.75 Å². The van der Waals surface area contributed by atoms with Gasteiger partial charge in [0.2, 0.25) is 5.91 Å². The summed E-state index contributed by atoms with van der Waals surface area (Å²) in [6.45, 7) is 5.85. The van der Waals surface area contributed by atoms with Crippen LogP contribution in [0, 0.1) is 17.2 Å². The van der Waals surface area contributed by atoms with Crippen molar-refractivity contribution in [3.05, 3.63) is 59.2 Å². The van der Waals surface area contributed by atoms with Crippen molar-refractivity contribution in [1.82, 2.24) is 0 Å². The smallest absolute Gasteiger partial charge is 0.417 e.